The predicted molar refractivity (Wildman–Crippen MR) is 104 cm³/mol. The number of nitrogens with one attached hydrogen (secondary N) is 1. The number of aliphatic hydroxyl groups is 1. The van der Waals surface area contributed by atoms with E-state index in [0.717, 1.165) is 56.1 Å². The summed E-state index contributed by atoms with van der Waals surface area (Å²) < 4.78 is 5.81. The van der Waals surface area contributed by atoms with Crippen molar-refractivity contribution in [2.24, 2.45) is 0 Å². The van der Waals surface area contributed by atoms with Crippen LogP contribution < -0.4 is 4.74 Å². The molecule has 1 unspecified atom stereocenters. The fourth-order valence-corrected chi connectivity index (χ4v) is 3.59. The molecule has 26 heavy (non-hydrogen) atoms. The number of nitrogens with zero attached hydrogens (tertiary/aromatic N) is 2. The highest BCUT2D eigenvalue weighted by atomic mass is 35.5. The molecule has 5 nitrogen and oxygen atoms in total. The van der Waals surface area contributed by atoms with Gasteiger partial charge in [0.25, 0.3) is 0 Å². The van der Waals surface area contributed by atoms with Crippen molar-refractivity contribution in [3.63, 3.8) is 0 Å². The van der Waals surface area contributed by atoms with Crippen molar-refractivity contribution in [2.75, 3.05) is 19.7 Å². The molecule has 0 aliphatic carbocycles. The molecular formula is C20H28ClN3O2. The van der Waals surface area contributed by atoms with Crippen LogP contribution in [0.4, 0.5) is 0 Å². The first kappa shape index (κ1) is 19.2. The van der Waals surface area contributed by atoms with E-state index in [1.807, 2.05) is 18.2 Å². The van der Waals surface area contributed by atoms with Crippen LogP contribution >= 0.6 is 11.6 Å². The van der Waals surface area contributed by atoms with Gasteiger partial charge in [-0.2, -0.15) is 0 Å². The molecule has 1 saturated heterocycles. The predicted octanol–water partition coefficient (Wildman–Crippen LogP) is 3.73. The third-order valence-electron chi connectivity index (χ3n) is 5.06. The zero-order valence-corrected chi connectivity index (χ0v) is 16.4. The van der Waals surface area contributed by atoms with Crippen LogP contribution in [0.5, 0.6) is 5.75 Å². The van der Waals surface area contributed by atoms with E-state index < -0.39 is 5.60 Å². The lowest BCUT2D eigenvalue weighted by Gasteiger charge is -2.27. The van der Waals surface area contributed by atoms with Crippen molar-refractivity contribution in [3.05, 3.63) is 46.5 Å². The Labute approximate surface area is 160 Å². The summed E-state index contributed by atoms with van der Waals surface area (Å²) in [5.41, 5.74) is 1.46. The summed E-state index contributed by atoms with van der Waals surface area (Å²) in [6.07, 6.45) is 3.29. The molecule has 2 N–H and O–H groups in total. The van der Waals surface area contributed by atoms with Crippen molar-refractivity contribution in [2.45, 2.75) is 51.7 Å². The van der Waals surface area contributed by atoms with Crippen molar-refractivity contribution in [1.82, 2.24) is 14.9 Å². The third kappa shape index (κ3) is 5.00. The Morgan fingerprint density at radius 3 is 2.92 bits per heavy atom. The molecule has 0 bridgehead atoms. The van der Waals surface area contributed by atoms with Crippen LogP contribution in [-0.4, -0.2) is 45.3 Å². The molecule has 1 aliphatic heterocycles. The van der Waals surface area contributed by atoms with E-state index in [-0.39, 0.29) is 0 Å². The lowest BCUT2D eigenvalue weighted by atomic mass is 9.96. The SMILES string of the molecule is CCc1nc(CN2CCCC(O)(COc3cccc(Cl)c3)CC2)c(C)[nH]1. The van der Waals surface area contributed by atoms with Crippen LogP contribution in [-0.2, 0) is 13.0 Å². The second kappa shape index (κ2) is 8.42. The molecule has 0 spiro atoms. The monoisotopic (exact) mass is 377 g/mol. The van der Waals surface area contributed by atoms with E-state index in [1.165, 1.54) is 0 Å². The molecule has 1 aromatic carbocycles. The number of benzene rings is 1. The molecule has 1 atom stereocenters. The largest absolute Gasteiger partial charge is 0.491 e. The number of likely N-dealkylation sites (tertiary alicyclic amines) is 1. The first-order valence-electron chi connectivity index (χ1n) is 9.35. The fraction of sp³-hybridized carbons (Fsp3) is 0.550. The molecule has 142 valence electrons. The van der Waals surface area contributed by atoms with Gasteiger partial charge in [-0.15, -0.1) is 0 Å². The lowest BCUT2D eigenvalue weighted by Crippen LogP contribution is -2.37. The molecule has 0 amide bonds. The number of imidazole rings is 1. The quantitative estimate of drug-likeness (QED) is 0.805. The summed E-state index contributed by atoms with van der Waals surface area (Å²) in [5, 5.41) is 11.6. The Hall–Kier alpha value is -1.56. The highest BCUT2D eigenvalue weighted by molar-refractivity contribution is 6.30. The smallest absolute Gasteiger partial charge is 0.120 e. The summed E-state index contributed by atoms with van der Waals surface area (Å²) in [6, 6.07) is 7.31. The highest BCUT2D eigenvalue weighted by Gasteiger charge is 2.31. The molecular weight excluding hydrogens is 350 g/mol. The Morgan fingerprint density at radius 1 is 1.35 bits per heavy atom. The molecule has 3 rings (SSSR count). The summed E-state index contributed by atoms with van der Waals surface area (Å²) >= 11 is 5.99. The van der Waals surface area contributed by atoms with Gasteiger partial charge in [-0.1, -0.05) is 24.6 Å². The van der Waals surface area contributed by atoms with Crippen LogP contribution in [0, 0.1) is 6.92 Å². The molecule has 0 saturated carbocycles. The van der Waals surface area contributed by atoms with Gasteiger partial charge in [0.05, 0.1) is 11.3 Å². The van der Waals surface area contributed by atoms with Gasteiger partial charge in [-0.05, 0) is 50.9 Å². The fourth-order valence-electron chi connectivity index (χ4n) is 3.41. The number of ether oxygens (including phenoxy) is 1. The van der Waals surface area contributed by atoms with E-state index in [4.69, 9.17) is 16.3 Å². The van der Waals surface area contributed by atoms with Gasteiger partial charge in [-0.25, -0.2) is 4.98 Å². The van der Waals surface area contributed by atoms with Crippen LogP contribution in [0.3, 0.4) is 0 Å². The van der Waals surface area contributed by atoms with E-state index in [0.29, 0.717) is 23.8 Å². The minimum Gasteiger partial charge on any atom is -0.491 e. The van der Waals surface area contributed by atoms with Crippen molar-refractivity contribution in [1.29, 1.82) is 0 Å². The van der Waals surface area contributed by atoms with Crippen LogP contribution in [0.15, 0.2) is 24.3 Å². The van der Waals surface area contributed by atoms with Gasteiger partial charge in [0, 0.05) is 30.2 Å². The molecule has 1 fully saturated rings. The molecule has 6 heteroatoms. The summed E-state index contributed by atoms with van der Waals surface area (Å²) in [5.74, 6) is 1.74. The van der Waals surface area contributed by atoms with Gasteiger partial charge >= 0.3 is 0 Å². The molecule has 2 heterocycles. The number of hydrogen-bond acceptors (Lipinski definition) is 4. The van der Waals surface area contributed by atoms with E-state index in [9.17, 15) is 5.11 Å². The Bertz CT molecular complexity index is 734. The number of hydrogen-bond donors (Lipinski definition) is 2. The Morgan fingerprint density at radius 2 is 2.19 bits per heavy atom. The Balaban J connectivity index is 1.55. The van der Waals surface area contributed by atoms with Gasteiger partial charge in [0.1, 0.15) is 18.2 Å². The van der Waals surface area contributed by atoms with E-state index in [2.05, 4.69) is 28.7 Å². The zero-order valence-electron chi connectivity index (χ0n) is 15.6. The lowest BCUT2D eigenvalue weighted by molar-refractivity contribution is -0.0168. The summed E-state index contributed by atoms with van der Waals surface area (Å²) in [4.78, 5) is 10.4. The second-order valence-corrected chi connectivity index (χ2v) is 7.65. The number of rotatable bonds is 6. The average molecular weight is 378 g/mol. The zero-order chi connectivity index (χ0) is 18.6. The van der Waals surface area contributed by atoms with Crippen LogP contribution in [0.1, 0.15) is 43.4 Å². The standard InChI is InChI=1S/C20H28ClN3O2/c1-3-19-22-15(2)18(23-19)13-24-10-5-8-20(25,9-11-24)14-26-17-7-4-6-16(21)12-17/h4,6-7,12,25H,3,5,8-11,13-14H2,1-2H3,(H,22,23). The maximum absolute atomic E-state index is 11.0. The van der Waals surface area contributed by atoms with Gasteiger partial charge in [0.15, 0.2) is 0 Å². The third-order valence-corrected chi connectivity index (χ3v) is 5.29. The normalized spacial score (nSPS) is 21.5. The number of halogens is 1. The average Bonchev–Trinajstić information content (AvgIpc) is 2.86. The van der Waals surface area contributed by atoms with Gasteiger partial charge < -0.3 is 14.8 Å². The molecule has 2 aromatic rings. The summed E-state index contributed by atoms with van der Waals surface area (Å²) in [7, 11) is 0. The van der Waals surface area contributed by atoms with Gasteiger partial charge in [-0.3, -0.25) is 4.90 Å². The maximum atomic E-state index is 11.0. The van der Waals surface area contributed by atoms with Crippen molar-refractivity contribution < 1.29 is 9.84 Å². The highest BCUT2D eigenvalue weighted by Crippen LogP contribution is 2.26. The number of aromatic amines is 1. The van der Waals surface area contributed by atoms with Crippen LogP contribution in [0.25, 0.3) is 0 Å². The molecule has 1 aromatic heterocycles. The number of H-pyrrole nitrogens is 1. The van der Waals surface area contributed by atoms with Crippen LogP contribution in [0.2, 0.25) is 5.02 Å². The second-order valence-electron chi connectivity index (χ2n) is 7.21. The van der Waals surface area contributed by atoms with Gasteiger partial charge in [0.2, 0.25) is 0 Å². The van der Waals surface area contributed by atoms with E-state index in [1.54, 1.807) is 6.07 Å². The topological polar surface area (TPSA) is 61.4 Å². The first-order chi connectivity index (χ1) is 12.5. The summed E-state index contributed by atoms with van der Waals surface area (Å²) in [6.45, 7) is 7.11. The minimum atomic E-state index is -0.799. The molecule has 0 radical (unpaired) electrons. The van der Waals surface area contributed by atoms with E-state index >= 15 is 0 Å². The first-order valence-corrected chi connectivity index (χ1v) is 9.73. The number of aromatic nitrogens is 2. The minimum absolute atomic E-state index is 0.294. The molecule has 1 aliphatic rings. The Kier molecular flexibility index (Phi) is 6.22. The number of aryl methyl sites for hydroxylation is 2. The maximum Gasteiger partial charge on any atom is 0.120 e. The van der Waals surface area contributed by atoms with Crippen molar-refractivity contribution in [3.8, 4) is 5.75 Å². The van der Waals surface area contributed by atoms with Crippen molar-refractivity contribution >= 4 is 11.6 Å².